The van der Waals surface area contributed by atoms with Crippen molar-refractivity contribution in [2.24, 2.45) is 4.99 Å². The van der Waals surface area contributed by atoms with Crippen LogP contribution in [0.15, 0.2) is 41.4 Å². The zero-order chi connectivity index (χ0) is 22.1. The van der Waals surface area contributed by atoms with Crippen LogP contribution in [0.25, 0.3) is 0 Å². The summed E-state index contributed by atoms with van der Waals surface area (Å²) in [7, 11) is 1.63. The minimum absolute atomic E-state index is 0. The standard InChI is InChI=1S/C23H30FN3O4.HI/c1-4-25-23(27-13-16(2)31-21-7-5-6-20(12-21)28-3)26-9-8-17-10-19(24)11-18-14-29-15-30-22(17)18;/h5-7,10-12,16H,4,8-9,13-15H2,1-3H3,(H2,25,26,27);1H. The molecule has 3 rings (SSSR count). The number of nitrogens with zero attached hydrogens (tertiary/aromatic N) is 1. The molecule has 0 radical (unpaired) electrons. The van der Waals surface area contributed by atoms with Crippen LogP contribution < -0.4 is 24.8 Å². The molecule has 2 aromatic rings. The number of methoxy groups -OCH3 is 1. The summed E-state index contributed by atoms with van der Waals surface area (Å²) >= 11 is 0. The second-order valence-corrected chi connectivity index (χ2v) is 7.17. The summed E-state index contributed by atoms with van der Waals surface area (Å²) in [6, 6.07) is 10.5. The van der Waals surface area contributed by atoms with E-state index in [1.807, 2.05) is 38.1 Å². The molecular weight excluding hydrogens is 528 g/mol. The highest BCUT2D eigenvalue weighted by molar-refractivity contribution is 14.0. The molecule has 1 aliphatic rings. The zero-order valence-electron chi connectivity index (χ0n) is 18.7. The van der Waals surface area contributed by atoms with Crippen LogP contribution in [0.3, 0.4) is 0 Å². The fourth-order valence-electron chi connectivity index (χ4n) is 3.26. The van der Waals surface area contributed by atoms with E-state index in [0.29, 0.717) is 32.1 Å². The maximum atomic E-state index is 13.9. The van der Waals surface area contributed by atoms with Crippen molar-refractivity contribution < 1.29 is 23.3 Å². The van der Waals surface area contributed by atoms with Crippen LogP contribution in [-0.4, -0.2) is 45.6 Å². The molecule has 0 aromatic heterocycles. The third kappa shape index (κ3) is 7.70. The van der Waals surface area contributed by atoms with Gasteiger partial charge in [0.2, 0.25) is 0 Å². The Morgan fingerprint density at radius 2 is 2.03 bits per heavy atom. The average Bonchev–Trinajstić information content (AvgIpc) is 2.77. The summed E-state index contributed by atoms with van der Waals surface area (Å²) in [6.45, 7) is 6.30. The molecule has 2 N–H and O–H groups in total. The molecule has 32 heavy (non-hydrogen) atoms. The van der Waals surface area contributed by atoms with E-state index in [1.165, 1.54) is 12.1 Å². The van der Waals surface area contributed by atoms with Gasteiger partial charge in [0.05, 0.1) is 20.3 Å². The van der Waals surface area contributed by atoms with Gasteiger partial charge in [-0.25, -0.2) is 9.38 Å². The molecule has 0 fully saturated rings. The van der Waals surface area contributed by atoms with E-state index in [4.69, 9.17) is 18.9 Å². The Kier molecular flexibility index (Phi) is 10.8. The number of halogens is 2. The average molecular weight is 559 g/mol. The van der Waals surface area contributed by atoms with Gasteiger partial charge in [-0.05, 0) is 50.1 Å². The monoisotopic (exact) mass is 559 g/mol. The third-order valence-corrected chi connectivity index (χ3v) is 4.67. The number of hydrogen-bond donors (Lipinski definition) is 2. The number of nitrogens with one attached hydrogen (secondary N) is 2. The number of aliphatic imine (C=N–C) groups is 1. The van der Waals surface area contributed by atoms with Crippen LogP contribution in [0, 0.1) is 5.82 Å². The molecule has 1 atom stereocenters. The van der Waals surface area contributed by atoms with Crippen molar-refractivity contribution in [3.63, 3.8) is 0 Å². The van der Waals surface area contributed by atoms with Crippen molar-refractivity contribution >= 4 is 29.9 Å². The highest BCUT2D eigenvalue weighted by Gasteiger charge is 2.17. The fraction of sp³-hybridized carbons (Fsp3) is 0.435. The lowest BCUT2D eigenvalue weighted by molar-refractivity contribution is -0.0172. The molecule has 0 bridgehead atoms. The van der Waals surface area contributed by atoms with Gasteiger partial charge in [-0.1, -0.05) is 6.07 Å². The van der Waals surface area contributed by atoms with Crippen molar-refractivity contribution in [1.82, 2.24) is 10.6 Å². The van der Waals surface area contributed by atoms with Crippen LogP contribution in [0.5, 0.6) is 17.2 Å². The molecule has 176 valence electrons. The van der Waals surface area contributed by atoms with Crippen molar-refractivity contribution in [2.75, 3.05) is 33.5 Å². The number of fused-ring (bicyclic) bond motifs is 1. The molecule has 0 spiro atoms. The minimum Gasteiger partial charge on any atom is -0.497 e. The Labute approximate surface area is 205 Å². The number of benzene rings is 2. The smallest absolute Gasteiger partial charge is 0.191 e. The first-order valence-electron chi connectivity index (χ1n) is 10.4. The number of rotatable bonds is 9. The third-order valence-electron chi connectivity index (χ3n) is 4.67. The predicted octanol–water partition coefficient (Wildman–Crippen LogP) is 3.88. The first-order chi connectivity index (χ1) is 15.1. The lowest BCUT2D eigenvalue weighted by Gasteiger charge is -2.21. The predicted molar refractivity (Wildman–Crippen MR) is 133 cm³/mol. The maximum Gasteiger partial charge on any atom is 0.191 e. The van der Waals surface area contributed by atoms with E-state index in [-0.39, 0.29) is 42.7 Å². The van der Waals surface area contributed by atoms with Gasteiger partial charge in [0.1, 0.15) is 29.2 Å². The summed E-state index contributed by atoms with van der Waals surface area (Å²) in [5, 5.41) is 6.51. The van der Waals surface area contributed by atoms with E-state index in [2.05, 4.69) is 15.6 Å². The Balaban J connectivity index is 0.00000363. The van der Waals surface area contributed by atoms with Gasteiger partial charge >= 0.3 is 0 Å². The minimum atomic E-state index is -0.285. The van der Waals surface area contributed by atoms with Gasteiger partial charge in [0, 0.05) is 24.7 Å². The number of guanidine groups is 1. The lowest BCUT2D eigenvalue weighted by atomic mass is 10.1. The van der Waals surface area contributed by atoms with Gasteiger partial charge in [-0.2, -0.15) is 0 Å². The van der Waals surface area contributed by atoms with Gasteiger partial charge in [-0.3, -0.25) is 0 Å². The molecule has 0 amide bonds. The largest absolute Gasteiger partial charge is 0.497 e. The maximum absolute atomic E-state index is 13.9. The Bertz CT molecular complexity index is 898. The van der Waals surface area contributed by atoms with Gasteiger partial charge in [0.25, 0.3) is 0 Å². The second kappa shape index (κ2) is 13.3. The molecule has 0 aliphatic carbocycles. The summed E-state index contributed by atoms with van der Waals surface area (Å²) in [5.41, 5.74) is 1.56. The molecule has 9 heteroatoms. The molecule has 0 saturated carbocycles. The SMILES string of the molecule is CCNC(=NCC(C)Oc1cccc(OC)c1)NCCc1cc(F)cc2c1OCOC2.I. The van der Waals surface area contributed by atoms with Crippen LogP contribution in [0.4, 0.5) is 4.39 Å². The van der Waals surface area contributed by atoms with Gasteiger partial charge < -0.3 is 29.6 Å². The summed E-state index contributed by atoms with van der Waals surface area (Å²) in [5.74, 6) is 2.60. The molecule has 7 nitrogen and oxygen atoms in total. The van der Waals surface area contributed by atoms with Gasteiger partial charge in [0.15, 0.2) is 12.8 Å². The molecular formula is C23H31FIN3O4. The first kappa shape index (κ1) is 26.0. The van der Waals surface area contributed by atoms with Crippen molar-refractivity contribution in [3.8, 4) is 17.2 Å². The van der Waals surface area contributed by atoms with E-state index in [9.17, 15) is 4.39 Å². The summed E-state index contributed by atoms with van der Waals surface area (Å²) in [4.78, 5) is 4.60. The second-order valence-electron chi connectivity index (χ2n) is 7.17. The quantitative estimate of drug-likeness (QED) is 0.276. The van der Waals surface area contributed by atoms with Crippen LogP contribution in [0.2, 0.25) is 0 Å². The molecule has 1 unspecified atom stereocenters. The van der Waals surface area contributed by atoms with Crippen molar-refractivity contribution in [2.45, 2.75) is 33.0 Å². The molecule has 1 aliphatic heterocycles. The Morgan fingerprint density at radius 1 is 1.22 bits per heavy atom. The van der Waals surface area contributed by atoms with E-state index in [0.717, 1.165) is 34.9 Å². The Hall–Kier alpha value is -2.27. The highest BCUT2D eigenvalue weighted by Crippen LogP contribution is 2.29. The summed E-state index contributed by atoms with van der Waals surface area (Å²) < 4.78 is 35.9. The number of ether oxygens (including phenoxy) is 4. The fourth-order valence-corrected chi connectivity index (χ4v) is 3.26. The van der Waals surface area contributed by atoms with Gasteiger partial charge in [-0.15, -0.1) is 24.0 Å². The molecule has 0 saturated heterocycles. The van der Waals surface area contributed by atoms with Crippen LogP contribution in [-0.2, 0) is 17.8 Å². The molecule has 1 heterocycles. The van der Waals surface area contributed by atoms with E-state index >= 15 is 0 Å². The summed E-state index contributed by atoms with van der Waals surface area (Å²) in [6.07, 6.45) is 0.478. The normalized spacial score (nSPS) is 13.8. The Morgan fingerprint density at radius 3 is 2.81 bits per heavy atom. The molecule has 2 aromatic carbocycles. The lowest BCUT2D eigenvalue weighted by Crippen LogP contribution is -2.39. The van der Waals surface area contributed by atoms with Crippen LogP contribution >= 0.6 is 24.0 Å². The van der Waals surface area contributed by atoms with E-state index in [1.54, 1.807) is 7.11 Å². The highest BCUT2D eigenvalue weighted by atomic mass is 127. The topological polar surface area (TPSA) is 73.3 Å². The van der Waals surface area contributed by atoms with Crippen LogP contribution in [0.1, 0.15) is 25.0 Å². The van der Waals surface area contributed by atoms with E-state index < -0.39 is 0 Å². The first-order valence-corrected chi connectivity index (χ1v) is 10.4. The number of hydrogen-bond acceptors (Lipinski definition) is 5. The van der Waals surface area contributed by atoms with Crippen molar-refractivity contribution in [1.29, 1.82) is 0 Å². The van der Waals surface area contributed by atoms with Crippen molar-refractivity contribution in [3.05, 3.63) is 53.3 Å². The zero-order valence-corrected chi connectivity index (χ0v) is 21.0.